The Morgan fingerprint density at radius 2 is 2.15 bits per heavy atom. The van der Waals surface area contributed by atoms with Crippen LogP contribution in [0.5, 0.6) is 0 Å². The van der Waals surface area contributed by atoms with Gasteiger partial charge in [0.2, 0.25) is 0 Å². The summed E-state index contributed by atoms with van der Waals surface area (Å²) in [7, 11) is 0. The van der Waals surface area contributed by atoms with Crippen LogP contribution in [-0.2, 0) is 11.3 Å². The number of aryl methyl sites for hydroxylation is 1. The molecule has 1 aromatic rings. The summed E-state index contributed by atoms with van der Waals surface area (Å²) in [6, 6.07) is 8.47. The van der Waals surface area contributed by atoms with Crippen LogP contribution in [0.3, 0.4) is 0 Å². The molecule has 0 unspecified atom stereocenters. The zero-order valence-electron chi connectivity index (χ0n) is 12.7. The Labute approximate surface area is 121 Å². The maximum atomic E-state index is 5.27. The Bertz CT molecular complexity index is 467. The van der Waals surface area contributed by atoms with Gasteiger partial charge in [0, 0.05) is 18.5 Å². The lowest BCUT2D eigenvalue weighted by molar-refractivity contribution is -0.0971. The van der Waals surface area contributed by atoms with Gasteiger partial charge in [0.25, 0.3) is 0 Å². The molecule has 110 valence electrons. The van der Waals surface area contributed by atoms with E-state index in [-0.39, 0.29) is 5.41 Å². The predicted molar refractivity (Wildman–Crippen MR) is 82.9 cm³/mol. The topological polar surface area (TPSA) is 45.7 Å². The van der Waals surface area contributed by atoms with Crippen molar-refractivity contribution in [3.05, 3.63) is 35.4 Å². The number of nitrogens with zero attached hydrogens (tertiary/aromatic N) is 1. The third-order valence-electron chi connectivity index (χ3n) is 3.43. The molecule has 0 saturated carbocycles. The van der Waals surface area contributed by atoms with Gasteiger partial charge in [-0.1, -0.05) is 36.8 Å². The largest absolute Gasteiger partial charge is 0.380 e. The molecule has 4 nitrogen and oxygen atoms in total. The van der Waals surface area contributed by atoms with Crippen LogP contribution in [0.2, 0.25) is 0 Å². The fraction of sp³-hybridized carbons (Fsp3) is 0.562. The lowest BCUT2D eigenvalue weighted by atomic mass is 9.89. The van der Waals surface area contributed by atoms with E-state index in [1.165, 1.54) is 11.1 Å². The van der Waals surface area contributed by atoms with Crippen molar-refractivity contribution in [3.8, 4) is 0 Å². The molecular weight excluding hydrogens is 250 g/mol. The zero-order valence-corrected chi connectivity index (χ0v) is 12.7. The summed E-state index contributed by atoms with van der Waals surface area (Å²) in [6.07, 6.45) is 0. The van der Waals surface area contributed by atoms with Gasteiger partial charge in [-0.3, -0.25) is 0 Å². The molecule has 0 radical (unpaired) electrons. The Hall–Kier alpha value is -1.55. The minimum atomic E-state index is 0.250. The maximum absolute atomic E-state index is 5.27. The molecule has 1 aliphatic rings. The number of nitrogens with one attached hydrogen (secondary N) is 2. The lowest BCUT2D eigenvalue weighted by Crippen LogP contribution is -2.51. The Balaban J connectivity index is 1.91. The van der Waals surface area contributed by atoms with Crippen molar-refractivity contribution in [3.63, 3.8) is 0 Å². The molecule has 0 aliphatic carbocycles. The second kappa shape index (κ2) is 6.75. The normalized spacial score (nSPS) is 17.4. The smallest absolute Gasteiger partial charge is 0.191 e. The van der Waals surface area contributed by atoms with Crippen molar-refractivity contribution < 1.29 is 4.74 Å². The molecule has 0 aromatic heterocycles. The van der Waals surface area contributed by atoms with Crippen LogP contribution >= 0.6 is 0 Å². The van der Waals surface area contributed by atoms with Crippen molar-refractivity contribution in [2.45, 2.75) is 27.3 Å². The molecule has 0 bridgehead atoms. The summed E-state index contributed by atoms with van der Waals surface area (Å²) >= 11 is 0. The van der Waals surface area contributed by atoms with Crippen molar-refractivity contribution >= 4 is 5.96 Å². The number of guanidine groups is 1. The molecule has 4 heteroatoms. The fourth-order valence-electron chi connectivity index (χ4n) is 2.17. The van der Waals surface area contributed by atoms with Gasteiger partial charge in [-0.25, -0.2) is 4.99 Å². The first kappa shape index (κ1) is 14.9. The van der Waals surface area contributed by atoms with Gasteiger partial charge in [0.05, 0.1) is 19.8 Å². The van der Waals surface area contributed by atoms with Crippen LogP contribution in [0.4, 0.5) is 0 Å². The van der Waals surface area contributed by atoms with Crippen LogP contribution in [0.25, 0.3) is 0 Å². The Morgan fingerprint density at radius 1 is 1.35 bits per heavy atom. The minimum Gasteiger partial charge on any atom is -0.380 e. The molecule has 1 heterocycles. The average molecular weight is 275 g/mol. The van der Waals surface area contributed by atoms with Gasteiger partial charge >= 0.3 is 0 Å². The van der Waals surface area contributed by atoms with E-state index >= 15 is 0 Å². The summed E-state index contributed by atoms with van der Waals surface area (Å²) < 4.78 is 5.27. The molecule has 1 fully saturated rings. The molecular formula is C16H25N3O. The van der Waals surface area contributed by atoms with Gasteiger partial charge in [-0.15, -0.1) is 0 Å². The van der Waals surface area contributed by atoms with Crippen molar-refractivity contribution in [1.29, 1.82) is 0 Å². The number of aliphatic imine (C=N–C) groups is 1. The van der Waals surface area contributed by atoms with Gasteiger partial charge in [-0.2, -0.15) is 0 Å². The van der Waals surface area contributed by atoms with E-state index in [0.29, 0.717) is 6.54 Å². The standard InChI is InChI=1S/C16H25N3O/c1-4-17-15(19-10-16(3)11-20-12-16)18-9-14-7-5-6-13(2)8-14/h5-8H,4,9-12H2,1-3H3,(H2,17,18,19). The highest BCUT2D eigenvalue weighted by Gasteiger charge is 2.33. The lowest BCUT2D eigenvalue weighted by Gasteiger charge is -2.38. The molecule has 0 atom stereocenters. The van der Waals surface area contributed by atoms with Gasteiger partial charge in [-0.05, 0) is 19.4 Å². The van der Waals surface area contributed by atoms with Crippen LogP contribution in [0, 0.1) is 12.3 Å². The summed E-state index contributed by atoms with van der Waals surface area (Å²) in [5.74, 6) is 0.877. The third-order valence-corrected chi connectivity index (χ3v) is 3.43. The van der Waals surface area contributed by atoms with Crippen molar-refractivity contribution in [2.75, 3.05) is 26.3 Å². The molecule has 20 heavy (non-hydrogen) atoms. The first-order valence-electron chi connectivity index (χ1n) is 7.27. The number of hydrogen-bond donors (Lipinski definition) is 2. The molecule has 2 N–H and O–H groups in total. The fourth-order valence-corrected chi connectivity index (χ4v) is 2.17. The second-order valence-electron chi connectivity index (χ2n) is 5.84. The Morgan fingerprint density at radius 3 is 2.75 bits per heavy atom. The molecule has 0 spiro atoms. The van der Waals surface area contributed by atoms with Gasteiger partial charge < -0.3 is 15.4 Å². The van der Waals surface area contributed by atoms with E-state index in [2.05, 4.69) is 60.7 Å². The number of benzene rings is 1. The van der Waals surface area contributed by atoms with E-state index in [0.717, 1.165) is 32.3 Å². The second-order valence-corrected chi connectivity index (χ2v) is 5.84. The number of hydrogen-bond acceptors (Lipinski definition) is 2. The van der Waals surface area contributed by atoms with E-state index in [9.17, 15) is 0 Å². The van der Waals surface area contributed by atoms with Crippen LogP contribution in [0.15, 0.2) is 29.3 Å². The SMILES string of the molecule is CCNC(=NCc1cccc(C)c1)NCC1(C)COC1. The van der Waals surface area contributed by atoms with Gasteiger partial charge in [0.15, 0.2) is 5.96 Å². The van der Waals surface area contributed by atoms with E-state index in [1.807, 2.05) is 0 Å². The van der Waals surface area contributed by atoms with Crippen LogP contribution in [0.1, 0.15) is 25.0 Å². The first-order chi connectivity index (χ1) is 9.61. The van der Waals surface area contributed by atoms with Crippen LogP contribution in [-0.4, -0.2) is 32.3 Å². The summed E-state index contributed by atoms with van der Waals surface area (Å²) in [5.41, 5.74) is 2.76. The zero-order chi connectivity index (χ0) is 14.4. The Kier molecular flexibility index (Phi) is 5.01. The van der Waals surface area contributed by atoms with Crippen LogP contribution < -0.4 is 10.6 Å². The van der Waals surface area contributed by atoms with E-state index in [1.54, 1.807) is 0 Å². The molecule has 1 aliphatic heterocycles. The van der Waals surface area contributed by atoms with E-state index in [4.69, 9.17) is 4.74 Å². The average Bonchev–Trinajstić information content (AvgIpc) is 2.40. The highest BCUT2D eigenvalue weighted by atomic mass is 16.5. The summed E-state index contributed by atoms with van der Waals surface area (Å²) in [5, 5.41) is 6.69. The predicted octanol–water partition coefficient (Wildman–Crippen LogP) is 2.09. The number of rotatable bonds is 5. The minimum absolute atomic E-state index is 0.250. The first-order valence-corrected chi connectivity index (χ1v) is 7.27. The molecule has 0 amide bonds. The molecule has 2 rings (SSSR count). The highest BCUT2D eigenvalue weighted by Crippen LogP contribution is 2.24. The molecule has 1 aromatic carbocycles. The maximum Gasteiger partial charge on any atom is 0.191 e. The van der Waals surface area contributed by atoms with E-state index < -0.39 is 0 Å². The third kappa shape index (κ3) is 4.23. The van der Waals surface area contributed by atoms with Crippen molar-refractivity contribution in [2.24, 2.45) is 10.4 Å². The highest BCUT2D eigenvalue weighted by molar-refractivity contribution is 5.79. The quantitative estimate of drug-likeness (QED) is 0.639. The monoisotopic (exact) mass is 275 g/mol. The molecule has 1 saturated heterocycles. The van der Waals surface area contributed by atoms with Gasteiger partial charge in [0.1, 0.15) is 0 Å². The summed E-state index contributed by atoms with van der Waals surface area (Å²) in [4.78, 5) is 4.64. The number of ether oxygens (including phenoxy) is 1. The van der Waals surface area contributed by atoms with Crippen molar-refractivity contribution in [1.82, 2.24) is 10.6 Å². The summed E-state index contributed by atoms with van der Waals surface area (Å²) in [6.45, 7) is 10.5.